The zero-order valence-electron chi connectivity index (χ0n) is 15.7. The second-order valence-corrected chi connectivity index (χ2v) is 7.35. The van der Waals surface area contributed by atoms with Crippen molar-refractivity contribution in [2.24, 2.45) is 11.0 Å². The van der Waals surface area contributed by atoms with Gasteiger partial charge in [-0.25, -0.2) is 9.40 Å². The summed E-state index contributed by atoms with van der Waals surface area (Å²) in [5.74, 6) is 0.0801. The number of hydrogen-bond donors (Lipinski definition) is 0. The first-order chi connectivity index (χ1) is 13.5. The van der Waals surface area contributed by atoms with E-state index in [0.717, 1.165) is 24.8 Å². The van der Waals surface area contributed by atoms with Crippen LogP contribution in [0.5, 0.6) is 0 Å². The molecule has 1 aromatic heterocycles. The molecule has 1 fully saturated rings. The van der Waals surface area contributed by atoms with E-state index in [1.807, 2.05) is 0 Å². The number of carbonyl (C=O) groups is 2. The van der Waals surface area contributed by atoms with Gasteiger partial charge in [0.25, 0.3) is 5.91 Å². The molecular formula is C21H22FN3O3. The molecule has 1 atom stereocenters. The van der Waals surface area contributed by atoms with E-state index in [2.05, 4.69) is 5.10 Å². The molecule has 146 valence electrons. The number of hydrogen-bond acceptors (Lipinski definition) is 4. The first-order valence-corrected chi connectivity index (χ1v) is 9.47. The molecule has 2 heterocycles. The van der Waals surface area contributed by atoms with Gasteiger partial charge in [0.05, 0.1) is 12.0 Å². The smallest absolute Gasteiger partial charge is 0.262 e. The Labute approximate surface area is 162 Å². The van der Waals surface area contributed by atoms with Gasteiger partial charge in [0.1, 0.15) is 24.2 Å². The molecule has 0 spiro atoms. The summed E-state index contributed by atoms with van der Waals surface area (Å²) in [6.45, 7) is -0.0350. The van der Waals surface area contributed by atoms with Crippen LogP contribution >= 0.6 is 0 Å². The lowest BCUT2D eigenvalue weighted by molar-refractivity contribution is -0.144. The van der Waals surface area contributed by atoms with Gasteiger partial charge in [-0.05, 0) is 42.7 Å². The van der Waals surface area contributed by atoms with E-state index < -0.39 is 0 Å². The summed E-state index contributed by atoms with van der Waals surface area (Å²) in [7, 11) is 1.65. The van der Waals surface area contributed by atoms with E-state index in [1.165, 1.54) is 22.0 Å². The lowest BCUT2D eigenvalue weighted by atomic mass is 9.84. The predicted molar refractivity (Wildman–Crippen MR) is 101 cm³/mol. The monoisotopic (exact) mass is 383 g/mol. The Kier molecular flexibility index (Phi) is 4.98. The van der Waals surface area contributed by atoms with Gasteiger partial charge in [-0.3, -0.25) is 9.59 Å². The van der Waals surface area contributed by atoms with Gasteiger partial charge in [0, 0.05) is 19.4 Å². The molecule has 7 heteroatoms. The molecule has 1 aliphatic carbocycles. The predicted octanol–water partition coefficient (Wildman–Crippen LogP) is 3.35. The Hall–Kier alpha value is -2.96. The molecule has 2 aliphatic rings. The van der Waals surface area contributed by atoms with Gasteiger partial charge >= 0.3 is 0 Å². The summed E-state index contributed by atoms with van der Waals surface area (Å²) in [6.07, 6.45) is 4.87. The second kappa shape index (κ2) is 7.58. The van der Waals surface area contributed by atoms with Gasteiger partial charge < -0.3 is 9.32 Å². The molecule has 1 aliphatic heterocycles. The molecule has 0 unspecified atom stereocenters. The largest absolute Gasteiger partial charge is 0.467 e. The van der Waals surface area contributed by atoms with Crippen molar-refractivity contribution in [1.29, 1.82) is 0 Å². The SMILES string of the molecule is CN(CC(=O)N1N=C(c2ccc(F)cc2)C[C@@H]1c1ccco1)C(=O)C1CCC1. The van der Waals surface area contributed by atoms with Crippen molar-refractivity contribution in [3.8, 4) is 0 Å². The van der Waals surface area contributed by atoms with Crippen LogP contribution < -0.4 is 0 Å². The normalized spacial score (nSPS) is 19.3. The molecule has 0 radical (unpaired) electrons. The molecular weight excluding hydrogens is 361 g/mol. The molecule has 0 N–H and O–H groups in total. The fourth-order valence-electron chi connectivity index (χ4n) is 3.58. The van der Waals surface area contributed by atoms with Gasteiger partial charge in [0.2, 0.25) is 5.91 Å². The summed E-state index contributed by atoms with van der Waals surface area (Å²) in [5.41, 5.74) is 1.44. The second-order valence-electron chi connectivity index (χ2n) is 7.35. The van der Waals surface area contributed by atoms with Gasteiger partial charge in [-0.1, -0.05) is 18.6 Å². The Morgan fingerprint density at radius 2 is 2.00 bits per heavy atom. The van der Waals surface area contributed by atoms with E-state index in [0.29, 0.717) is 17.9 Å². The minimum atomic E-state index is -0.380. The highest BCUT2D eigenvalue weighted by molar-refractivity contribution is 6.03. The molecule has 4 rings (SSSR count). The Morgan fingerprint density at radius 3 is 2.61 bits per heavy atom. The van der Waals surface area contributed by atoms with Crippen molar-refractivity contribution < 1.29 is 18.4 Å². The summed E-state index contributed by atoms with van der Waals surface area (Å²) in [5, 5.41) is 5.89. The summed E-state index contributed by atoms with van der Waals surface area (Å²) >= 11 is 0. The van der Waals surface area contributed by atoms with Crippen molar-refractivity contribution in [1.82, 2.24) is 9.91 Å². The number of nitrogens with zero attached hydrogens (tertiary/aromatic N) is 3. The fourth-order valence-corrected chi connectivity index (χ4v) is 3.58. The number of benzene rings is 1. The molecule has 0 saturated heterocycles. The average Bonchev–Trinajstić information content (AvgIpc) is 3.30. The molecule has 0 bridgehead atoms. The van der Waals surface area contributed by atoms with E-state index >= 15 is 0 Å². The molecule has 2 aromatic rings. The third-order valence-electron chi connectivity index (χ3n) is 5.42. The zero-order valence-corrected chi connectivity index (χ0v) is 15.7. The Morgan fingerprint density at radius 1 is 1.25 bits per heavy atom. The van der Waals surface area contributed by atoms with Crippen LogP contribution in [0.4, 0.5) is 4.39 Å². The quantitative estimate of drug-likeness (QED) is 0.795. The third-order valence-corrected chi connectivity index (χ3v) is 5.42. The van der Waals surface area contributed by atoms with E-state index in [4.69, 9.17) is 4.42 Å². The van der Waals surface area contributed by atoms with Crippen LogP contribution in [0.1, 0.15) is 43.0 Å². The standard InChI is InChI=1S/C21H22FN3O3/c1-24(21(27)15-4-2-5-15)13-20(26)25-18(19-6-3-11-28-19)12-17(23-25)14-7-9-16(22)10-8-14/h3,6-11,15,18H,2,4-5,12-13H2,1H3/t18-/m1/s1. The highest BCUT2D eigenvalue weighted by Gasteiger charge is 2.36. The highest BCUT2D eigenvalue weighted by atomic mass is 19.1. The Balaban J connectivity index is 1.54. The fraction of sp³-hybridized carbons (Fsp3) is 0.381. The van der Waals surface area contributed by atoms with Crippen molar-refractivity contribution in [2.45, 2.75) is 31.7 Å². The van der Waals surface area contributed by atoms with Crippen LogP contribution in [-0.2, 0) is 9.59 Å². The van der Waals surface area contributed by atoms with E-state index in [-0.39, 0.29) is 36.1 Å². The summed E-state index contributed by atoms with van der Waals surface area (Å²) in [4.78, 5) is 26.8. The summed E-state index contributed by atoms with van der Waals surface area (Å²) in [6, 6.07) is 9.22. The number of hydrazone groups is 1. The van der Waals surface area contributed by atoms with Crippen molar-refractivity contribution in [3.63, 3.8) is 0 Å². The maximum atomic E-state index is 13.2. The van der Waals surface area contributed by atoms with Crippen molar-refractivity contribution in [3.05, 3.63) is 59.8 Å². The molecule has 2 amide bonds. The first-order valence-electron chi connectivity index (χ1n) is 9.47. The topological polar surface area (TPSA) is 66.1 Å². The molecule has 1 saturated carbocycles. The van der Waals surface area contributed by atoms with Crippen LogP contribution in [0, 0.1) is 11.7 Å². The number of halogens is 1. The number of amides is 2. The van der Waals surface area contributed by atoms with Gasteiger partial charge in [-0.15, -0.1) is 0 Å². The lowest BCUT2D eigenvalue weighted by Gasteiger charge is -2.30. The maximum Gasteiger partial charge on any atom is 0.262 e. The van der Waals surface area contributed by atoms with Gasteiger partial charge in [-0.2, -0.15) is 5.10 Å². The minimum Gasteiger partial charge on any atom is -0.467 e. The van der Waals surface area contributed by atoms with Crippen LogP contribution in [0.2, 0.25) is 0 Å². The van der Waals surface area contributed by atoms with E-state index in [1.54, 1.807) is 37.6 Å². The minimum absolute atomic E-state index is 0.0103. The number of carbonyl (C=O) groups excluding carboxylic acids is 2. The average molecular weight is 383 g/mol. The number of rotatable bonds is 5. The van der Waals surface area contributed by atoms with Crippen LogP contribution in [0.25, 0.3) is 0 Å². The summed E-state index contributed by atoms with van der Waals surface area (Å²) < 4.78 is 18.8. The van der Waals surface area contributed by atoms with Crippen LogP contribution in [0.15, 0.2) is 52.2 Å². The van der Waals surface area contributed by atoms with Crippen LogP contribution in [0.3, 0.4) is 0 Å². The lowest BCUT2D eigenvalue weighted by Crippen LogP contribution is -2.42. The zero-order chi connectivity index (χ0) is 19.7. The van der Waals surface area contributed by atoms with Gasteiger partial charge in [0.15, 0.2) is 0 Å². The maximum absolute atomic E-state index is 13.2. The number of likely N-dealkylation sites (N-methyl/N-ethyl adjacent to an activating group) is 1. The van der Waals surface area contributed by atoms with Crippen molar-refractivity contribution >= 4 is 17.5 Å². The molecule has 1 aromatic carbocycles. The first kappa shape index (κ1) is 18.4. The third kappa shape index (κ3) is 3.56. The molecule has 28 heavy (non-hydrogen) atoms. The van der Waals surface area contributed by atoms with Crippen molar-refractivity contribution in [2.75, 3.05) is 13.6 Å². The number of furan rings is 1. The highest BCUT2D eigenvalue weighted by Crippen LogP contribution is 2.33. The molecule has 6 nitrogen and oxygen atoms in total. The van der Waals surface area contributed by atoms with Crippen LogP contribution in [-0.4, -0.2) is 41.0 Å². The Bertz CT molecular complexity index is 888. The van der Waals surface area contributed by atoms with E-state index in [9.17, 15) is 14.0 Å².